The van der Waals surface area contributed by atoms with Gasteiger partial charge in [-0.05, 0) is 18.2 Å². The molecule has 0 amide bonds. The molecule has 0 N–H and O–H groups in total. The summed E-state index contributed by atoms with van der Waals surface area (Å²) in [6.07, 6.45) is 1.35. The normalized spacial score (nSPS) is 12.8. The second kappa shape index (κ2) is 5.98. The fourth-order valence-corrected chi connectivity index (χ4v) is 3.13. The Morgan fingerprint density at radius 2 is 1.96 bits per heavy atom. The molecule has 3 heterocycles. The van der Waals surface area contributed by atoms with Crippen LogP contribution in [0.25, 0.3) is 11.9 Å². The summed E-state index contributed by atoms with van der Waals surface area (Å²) in [6.45, 7) is 3.80. The third-order valence-corrected chi connectivity index (χ3v) is 4.39. The molecular formula is C17H11Cl2N5O. The van der Waals surface area contributed by atoms with E-state index in [1.165, 1.54) is 15.4 Å². The van der Waals surface area contributed by atoms with Crippen molar-refractivity contribution in [3.63, 3.8) is 0 Å². The Labute approximate surface area is 152 Å². The lowest BCUT2D eigenvalue weighted by molar-refractivity contribution is 0.847. The predicted octanol–water partition coefficient (Wildman–Crippen LogP) is 3.19. The number of fused-ring (bicyclic) bond motifs is 3. The van der Waals surface area contributed by atoms with E-state index >= 15 is 0 Å². The molecule has 4 rings (SSSR count). The number of benzene rings is 1. The zero-order valence-electron chi connectivity index (χ0n) is 12.9. The van der Waals surface area contributed by atoms with Crippen molar-refractivity contribution >= 4 is 35.1 Å². The van der Waals surface area contributed by atoms with Crippen LogP contribution in [-0.4, -0.2) is 25.0 Å². The third kappa shape index (κ3) is 2.50. The van der Waals surface area contributed by atoms with Crippen LogP contribution in [0.1, 0.15) is 17.1 Å². The van der Waals surface area contributed by atoms with Crippen molar-refractivity contribution in [2.45, 2.75) is 6.54 Å². The van der Waals surface area contributed by atoms with Crippen LogP contribution >= 0.6 is 23.2 Å². The molecular weight excluding hydrogens is 361 g/mol. The molecule has 0 saturated carbocycles. The minimum absolute atomic E-state index is 0.199. The van der Waals surface area contributed by atoms with Gasteiger partial charge in [-0.25, -0.2) is 14.3 Å². The van der Waals surface area contributed by atoms with E-state index in [2.05, 4.69) is 21.7 Å². The van der Waals surface area contributed by atoms with Gasteiger partial charge in [0, 0.05) is 11.8 Å². The lowest BCUT2D eigenvalue weighted by Crippen LogP contribution is -2.23. The Balaban J connectivity index is 2.05. The summed E-state index contributed by atoms with van der Waals surface area (Å²) in [6, 6.07) is 10.7. The lowest BCUT2D eigenvalue weighted by Gasteiger charge is -2.11. The van der Waals surface area contributed by atoms with E-state index in [0.717, 1.165) is 5.56 Å². The van der Waals surface area contributed by atoms with Gasteiger partial charge in [0.15, 0.2) is 5.82 Å². The van der Waals surface area contributed by atoms with Crippen LogP contribution in [0.2, 0.25) is 10.2 Å². The van der Waals surface area contributed by atoms with Crippen LogP contribution in [0.4, 0.5) is 0 Å². The Morgan fingerprint density at radius 3 is 2.72 bits per heavy atom. The average molecular weight is 372 g/mol. The van der Waals surface area contributed by atoms with Crippen molar-refractivity contribution in [2.24, 2.45) is 4.99 Å². The first kappa shape index (κ1) is 15.8. The Morgan fingerprint density at radius 1 is 1.16 bits per heavy atom. The molecule has 0 unspecified atom stereocenters. The SMILES string of the molecule is C=Cn1nc2n(c1=O)-c1ccc(Cl)nc1C(c1ccccc1Cl)=NC2. The van der Waals surface area contributed by atoms with Gasteiger partial charge in [0.2, 0.25) is 0 Å². The maximum atomic E-state index is 12.6. The highest BCUT2D eigenvalue weighted by Crippen LogP contribution is 2.26. The Kier molecular flexibility index (Phi) is 3.78. The van der Waals surface area contributed by atoms with Gasteiger partial charge in [-0.15, -0.1) is 5.10 Å². The van der Waals surface area contributed by atoms with Gasteiger partial charge in [-0.1, -0.05) is 48.0 Å². The molecule has 0 radical (unpaired) electrons. The van der Waals surface area contributed by atoms with E-state index in [0.29, 0.717) is 33.1 Å². The molecule has 0 atom stereocenters. The molecule has 124 valence electrons. The smallest absolute Gasteiger partial charge is 0.274 e. The molecule has 0 bridgehead atoms. The molecule has 0 aliphatic carbocycles. The molecule has 8 heteroatoms. The maximum Gasteiger partial charge on any atom is 0.354 e. The van der Waals surface area contributed by atoms with Crippen LogP contribution < -0.4 is 5.69 Å². The van der Waals surface area contributed by atoms with Gasteiger partial charge < -0.3 is 0 Å². The summed E-state index contributed by atoms with van der Waals surface area (Å²) in [5, 5.41) is 5.09. The predicted molar refractivity (Wildman–Crippen MR) is 97.8 cm³/mol. The first-order valence-electron chi connectivity index (χ1n) is 7.40. The lowest BCUT2D eigenvalue weighted by atomic mass is 10.1. The minimum atomic E-state index is -0.342. The Bertz CT molecular complexity index is 1100. The fraction of sp³-hybridized carbons (Fsp3) is 0.0588. The number of aliphatic imine (C=N–C) groups is 1. The van der Waals surface area contributed by atoms with Gasteiger partial charge in [-0.2, -0.15) is 4.68 Å². The molecule has 2 aromatic heterocycles. The Hall–Kier alpha value is -2.70. The zero-order valence-corrected chi connectivity index (χ0v) is 14.4. The van der Waals surface area contributed by atoms with E-state index in [1.807, 2.05) is 18.2 Å². The topological polar surface area (TPSA) is 65.1 Å². The first-order chi connectivity index (χ1) is 12.1. The van der Waals surface area contributed by atoms with Crippen LogP contribution in [0.3, 0.4) is 0 Å². The molecule has 1 aliphatic rings. The molecule has 1 aliphatic heterocycles. The van der Waals surface area contributed by atoms with Crippen molar-refractivity contribution in [2.75, 3.05) is 0 Å². The van der Waals surface area contributed by atoms with E-state index in [1.54, 1.807) is 18.2 Å². The third-order valence-electron chi connectivity index (χ3n) is 3.85. The van der Waals surface area contributed by atoms with Gasteiger partial charge in [0.05, 0.1) is 16.4 Å². The molecule has 0 saturated heterocycles. The molecule has 1 aromatic carbocycles. The van der Waals surface area contributed by atoms with E-state index in [9.17, 15) is 4.79 Å². The van der Waals surface area contributed by atoms with Crippen LogP contribution in [-0.2, 0) is 6.54 Å². The van der Waals surface area contributed by atoms with E-state index in [4.69, 9.17) is 23.2 Å². The van der Waals surface area contributed by atoms with Crippen molar-refractivity contribution in [1.29, 1.82) is 0 Å². The standard InChI is InChI=1S/C17H11Cl2N5O/c1-2-23-17(25)24-12-7-8-13(19)21-16(12)15(20-9-14(24)22-23)10-5-3-4-6-11(10)18/h2-8H,1,9H2. The molecule has 3 aromatic rings. The van der Waals surface area contributed by atoms with E-state index < -0.39 is 0 Å². The number of hydrogen-bond donors (Lipinski definition) is 0. The van der Waals surface area contributed by atoms with Gasteiger partial charge in [-0.3, -0.25) is 4.99 Å². The number of hydrogen-bond acceptors (Lipinski definition) is 4. The summed E-state index contributed by atoms with van der Waals surface area (Å²) in [5.74, 6) is 0.484. The van der Waals surface area contributed by atoms with Crippen molar-refractivity contribution in [3.8, 4) is 5.69 Å². The highest BCUT2D eigenvalue weighted by molar-refractivity contribution is 6.35. The summed E-state index contributed by atoms with van der Waals surface area (Å²) in [4.78, 5) is 21.6. The summed E-state index contributed by atoms with van der Waals surface area (Å²) >= 11 is 12.4. The number of pyridine rings is 1. The molecule has 6 nitrogen and oxygen atoms in total. The summed E-state index contributed by atoms with van der Waals surface area (Å²) in [5.41, 5.74) is 1.97. The highest BCUT2D eigenvalue weighted by Gasteiger charge is 2.25. The number of halogens is 2. The number of nitrogens with zero attached hydrogens (tertiary/aromatic N) is 5. The number of rotatable bonds is 2. The second-order valence-corrected chi connectivity index (χ2v) is 6.10. The summed E-state index contributed by atoms with van der Waals surface area (Å²) < 4.78 is 2.64. The van der Waals surface area contributed by atoms with Crippen molar-refractivity contribution < 1.29 is 0 Å². The largest absolute Gasteiger partial charge is 0.354 e. The van der Waals surface area contributed by atoms with Gasteiger partial charge in [0.1, 0.15) is 17.4 Å². The van der Waals surface area contributed by atoms with E-state index in [-0.39, 0.29) is 12.2 Å². The maximum absolute atomic E-state index is 12.6. The monoisotopic (exact) mass is 371 g/mol. The molecule has 0 spiro atoms. The van der Waals surface area contributed by atoms with Crippen molar-refractivity contribution in [1.82, 2.24) is 19.3 Å². The number of aromatic nitrogens is 4. The quantitative estimate of drug-likeness (QED) is 0.649. The molecule has 0 fully saturated rings. The zero-order chi connectivity index (χ0) is 17.6. The average Bonchev–Trinajstić information content (AvgIpc) is 2.83. The first-order valence-corrected chi connectivity index (χ1v) is 8.15. The summed E-state index contributed by atoms with van der Waals surface area (Å²) in [7, 11) is 0. The second-order valence-electron chi connectivity index (χ2n) is 5.31. The van der Waals surface area contributed by atoms with Gasteiger partial charge in [0.25, 0.3) is 0 Å². The molecule has 25 heavy (non-hydrogen) atoms. The highest BCUT2D eigenvalue weighted by atomic mass is 35.5. The van der Waals surface area contributed by atoms with Crippen LogP contribution in [0.15, 0.2) is 52.8 Å². The van der Waals surface area contributed by atoms with Crippen LogP contribution in [0, 0.1) is 0 Å². The minimum Gasteiger partial charge on any atom is -0.274 e. The van der Waals surface area contributed by atoms with Crippen molar-refractivity contribution in [3.05, 3.63) is 80.7 Å². The van der Waals surface area contributed by atoms with Crippen LogP contribution in [0.5, 0.6) is 0 Å². The van der Waals surface area contributed by atoms with Gasteiger partial charge >= 0.3 is 5.69 Å². The fourth-order valence-electron chi connectivity index (χ4n) is 2.76.